The largest absolute Gasteiger partial charge is 0.312 e. The van der Waals surface area contributed by atoms with Crippen LogP contribution in [-0.4, -0.2) is 27.1 Å². The van der Waals surface area contributed by atoms with Crippen LogP contribution < -0.4 is 0 Å². The second kappa shape index (κ2) is 6.92. The maximum atomic E-state index is 13.4. The number of rotatable bonds is 2. The summed E-state index contributed by atoms with van der Waals surface area (Å²) >= 11 is 6.49. The standard InChI is InChI=1S/C21H24ClN3O/c1-14-9-10-16(18(22)12-14)20-17(13-23-24(20)2)21(26)25-11-5-7-15-6-3-4-8-19(15)25/h8-10,12-13,15H,3-7,11H2,1-2H3. The van der Waals surface area contributed by atoms with E-state index in [1.165, 1.54) is 25.0 Å². The van der Waals surface area contributed by atoms with Gasteiger partial charge in [0.05, 0.1) is 22.5 Å². The van der Waals surface area contributed by atoms with Crippen molar-refractivity contribution in [2.45, 2.75) is 39.0 Å². The molecule has 0 radical (unpaired) electrons. The van der Waals surface area contributed by atoms with Crippen LogP contribution in [0.15, 0.2) is 36.2 Å². The number of aromatic nitrogens is 2. The van der Waals surface area contributed by atoms with Gasteiger partial charge in [0.25, 0.3) is 5.91 Å². The van der Waals surface area contributed by atoms with Gasteiger partial charge in [0.15, 0.2) is 0 Å². The number of hydrogen-bond donors (Lipinski definition) is 0. The molecule has 1 aromatic carbocycles. The van der Waals surface area contributed by atoms with Crippen LogP contribution in [0.4, 0.5) is 0 Å². The van der Waals surface area contributed by atoms with Gasteiger partial charge in [-0.2, -0.15) is 5.10 Å². The number of amides is 1. The third-order valence-corrected chi connectivity index (χ3v) is 5.88. The fourth-order valence-electron chi connectivity index (χ4n) is 4.27. The lowest BCUT2D eigenvalue weighted by molar-refractivity contribution is 0.0749. The van der Waals surface area contributed by atoms with E-state index in [-0.39, 0.29) is 5.91 Å². The van der Waals surface area contributed by atoms with E-state index < -0.39 is 0 Å². The summed E-state index contributed by atoms with van der Waals surface area (Å²) in [6.45, 7) is 2.80. The highest BCUT2D eigenvalue weighted by atomic mass is 35.5. The zero-order chi connectivity index (χ0) is 18.3. The van der Waals surface area contributed by atoms with Gasteiger partial charge in [0.2, 0.25) is 0 Å². The van der Waals surface area contributed by atoms with Crippen molar-refractivity contribution in [3.63, 3.8) is 0 Å². The predicted molar refractivity (Wildman–Crippen MR) is 104 cm³/mol. The smallest absolute Gasteiger partial charge is 0.261 e. The SMILES string of the molecule is Cc1ccc(-c2c(C(=O)N3CCCC4CCCC=C43)cnn2C)c(Cl)c1. The van der Waals surface area contributed by atoms with E-state index in [4.69, 9.17) is 11.6 Å². The van der Waals surface area contributed by atoms with Crippen LogP contribution in [0.2, 0.25) is 5.02 Å². The minimum absolute atomic E-state index is 0.0441. The molecule has 1 atom stereocenters. The first kappa shape index (κ1) is 17.3. The number of allylic oxidation sites excluding steroid dienone is 2. The summed E-state index contributed by atoms with van der Waals surface area (Å²) in [6, 6.07) is 5.92. The molecule has 4 nitrogen and oxygen atoms in total. The third kappa shape index (κ3) is 2.96. The van der Waals surface area contributed by atoms with Crippen molar-refractivity contribution in [2.24, 2.45) is 13.0 Å². The number of carbonyl (C=O) groups is 1. The lowest BCUT2D eigenvalue weighted by Gasteiger charge is -2.38. The van der Waals surface area contributed by atoms with Crippen LogP contribution >= 0.6 is 11.6 Å². The van der Waals surface area contributed by atoms with Crippen molar-refractivity contribution in [3.8, 4) is 11.3 Å². The predicted octanol–water partition coefficient (Wildman–Crippen LogP) is 4.97. The number of carbonyl (C=O) groups excluding carboxylic acids is 1. The number of piperidine rings is 1. The van der Waals surface area contributed by atoms with Crippen molar-refractivity contribution in [2.75, 3.05) is 6.54 Å². The zero-order valence-electron chi connectivity index (χ0n) is 15.3. The molecule has 4 rings (SSSR count). The number of aryl methyl sites for hydroxylation is 2. The molecule has 0 N–H and O–H groups in total. The van der Waals surface area contributed by atoms with Crippen LogP contribution in [0.1, 0.15) is 48.0 Å². The molecule has 136 valence electrons. The van der Waals surface area contributed by atoms with E-state index in [9.17, 15) is 4.79 Å². The van der Waals surface area contributed by atoms with Gasteiger partial charge < -0.3 is 4.90 Å². The van der Waals surface area contributed by atoms with Crippen molar-refractivity contribution in [1.29, 1.82) is 0 Å². The molecule has 1 amide bonds. The number of benzene rings is 1. The van der Waals surface area contributed by atoms with E-state index in [1.807, 2.05) is 37.1 Å². The average molecular weight is 370 g/mol. The van der Waals surface area contributed by atoms with E-state index >= 15 is 0 Å². The Labute approximate surface area is 159 Å². The lowest BCUT2D eigenvalue weighted by atomic mass is 9.84. The van der Waals surface area contributed by atoms with Gasteiger partial charge in [-0.25, -0.2) is 0 Å². The Hall–Kier alpha value is -2.07. The van der Waals surface area contributed by atoms with Crippen LogP contribution in [-0.2, 0) is 7.05 Å². The third-order valence-electron chi connectivity index (χ3n) is 5.57. The Balaban J connectivity index is 1.75. The molecular weight excluding hydrogens is 346 g/mol. The van der Waals surface area contributed by atoms with E-state index in [0.717, 1.165) is 36.2 Å². The van der Waals surface area contributed by atoms with Gasteiger partial charge in [-0.3, -0.25) is 9.48 Å². The van der Waals surface area contributed by atoms with Gasteiger partial charge >= 0.3 is 0 Å². The molecule has 1 saturated heterocycles. The highest BCUT2D eigenvalue weighted by Gasteiger charge is 2.33. The Bertz CT molecular complexity index is 883. The Morgan fingerprint density at radius 3 is 2.88 bits per heavy atom. The van der Waals surface area contributed by atoms with E-state index in [1.54, 1.807) is 10.9 Å². The Morgan fingerprint density at radius 2 is 2.08 bits per heavy atom. The molecular formula is C21H24ClN3O. The summed E-state index contributed by atoms with van der Waals surface area (Å²) in [5, 5.41) is 5.02. The molecule has 1 aliphatic carbocycles. The first-order valence-electron chi connectivity index (χ1n) is 9.36. The second-order valence-electron chi connectivity index (χ2n) is 7.37. The van der Waals surface area contributed by atoms with Crippen LogP contribution in [0.5, 0.6) is 0 Å². The van der Waals surface area contributed by atoms with Crippen molar-refractivity contribution in [3.05, 3.63) is 52.3 Å². The van der Waals surface area contributed by atoms with Crippen molar-refractivity contribution >= 4 is 17.5 Å². The molecule has 0 saturated carbocycles. The van der Waals surface area contributed by atoms with Gasteiger partial charge in [0.1, 0.15) is 0 Å². The molecule has 1 fully saturated rings. The molecule has 26 heavy (non-hydrogen) atoms. The van der Waals surface area contributed by atoms with Gasteiger partial charge in [0, 0.05) is 24.9 Å². The Morgan fingerprint density at radius 1 is 1.27 bits per heavy atom. The first-order chi connectivity index (χ1) is 12.6. The normalized spacial score (nSPS) is 19.9. The maximum Gasteiger partial charge on any atom is 0.261 e. The minimum Gasteiger partial charge on any atom is -0.312 e. The molecule has 2 aromatic rings. The molecule has 0 spiro atoms. The summed E-state index contributed by atoms with van der Waals surface area (Å²) < 4.78 is 1.75. The summed E-state index contributed by atoms with van der Waals surface area (Å²) in [5.74, 6) is 0.576. The number of nitrogens with zero attached hydrogens (tertiary/aromatic N) is 3. The second-order valence-corrected chi connectivity index (χ2v) is 7.78. The fraction of sp³-hybridized carbons (Fsp3) is 0.429. The molecule has 1 aliphatic heterocycles. The van der Waals surface area contributed by atoms with Crippen molar-refractivity contribution in [1.82, 2.24) is 14.7 Å². The molecule has 2 aliphatic rings. The Kier molecular flexibility index (Phi) is 4.62. The average Bonchev–Trinajstić information content (AvgIpc) is 3.02. The quantitative estimate of drug-likeness (QED) is 0.749. The number of hydrogen-bond acceptors (Lipinski definition) is 2. The zero-order valence-corrected chi connectivity index (χ0v) is 16.1. The lowest BCUT2D eigenvalue weighted by Crippen LogP contribution is -2.39. The summed E-state index contributed by atoms with van der Waals surface area (Å²) in [7, 11) is 1.86. The van der Waals surface area contributed by atoms with Crippen molar-refractivity contribution < 1.29 is 4.79 Å². The van der Waals surface area contributed by atoms with Gasteiger partial charge in [-0.05, 0) is 56.6 Å². The number of likely N-dealkylation sites (tertiary alicyclic amines) is 1. The molecule has 1 aromatic heterocycles. The van der Waals surface area contributed by atoms with Gasteiger partial charge in [-0.15, -0.1) is 0 Å². The minimum atomic E-state index is 0.0441. The topological polar surface area (TPSA) is 38.1 Å². The first-order valence-corrected chi connectivity index (χ1v) is 9.74. The van der Waals surface area contributed by atoms with Gasteiger partial charge in [-0.1, -0.05) is 29.8 Å². The highest BCUT2D eigenvalue weighted by molar-refractivity contribution is 6.33. The van der Waals surface area contributed by atoms with E-state index in [0.29, 0.717) is 16.5 Å². The summed E-state index contributed by atoms with van der Waals surface area (Å²) in [4.78, 5) is 15.4. The van der Waals surface area contributed by atoms with Crippen LogP contribution in [0, 0.1) is 12.8 Å². The maximum absolute atomic E-state index is 13.4. The number of fused-ring (bicyclic) bond motifs is 1. The number of halogens is 1. The molecule has 1 unspecified atom stereocenters. The fourth-order valence-corrected chi connectivity index (χ4v) is 4.59. The highest BCUT2D eigenvalue weighted by Crippen LogP contribution is 2.37. The van der Waals surface area contributed by atoms with Crippen LogP contribution in [0.25, 0.3) is 11.3 Å². The molecule has 0 bridgehead atoms. The monoisotopic (exact) mass is 369 g/mol. The molecule has 5 heteroatoms. The molecule has 2 heterocycles. The van der Waals surface area contributed by atoms with E-state index in [2.05, 4.69) is 11.2 Å². The summed E-state index contributed by atoms with van der Waals surface area (Å²) in [6.07, 6.45) is 9.70. The van der Waals surface area contributed by atoms with Crippen LogP contribution in [0.3, 0.4) is 0 Å². The summed E-state index contributed by atoms with van der Waals surface area (Å²) in [5.41, 5.74) is 4.59.